The van der Waals surface area contributed by atoms with Crippen LogP contribution in [0.25, 0.3) is 16.7 Å². The number of aromatic nitrogens is 5. The predicted molar refractivity (Wildman–Crippen MR) is 130 cm³/mol. The summed E-state index contributed by atoms with van der Waals surface area (Å²) in [4.78, 5) is 29.3. The fourth-order valence-corrected chi connectivity index (χ4v) is 3.84. The van der Waals surface area contributed by atoms with Crippen LogP contribution in [0.3, 0.4) is 0 Å². The van der Waals surface area contributed by atoms with Gasteiger partial charge in [-0.2, -0.15) is 0 Å². The molecule has 2 aromatic heterocycles. The second-order valence-electron chi connectivity index (χ2n) is 7.90. The maximum absolute atomic E-state index is 13.0. The molecule has 174 valence electrons. The van der Waals surface area contributed by atoms with E-state index in [2.05, 4.69) is 32.5 Å². The number of amides is 1. The zero-order chi connectivity index (χ0) is 24.2. The number of rotatable bonds is 7. The normalized spacial score (nSPS) is 10.9. The highest BCUT2D eigenvalue weighted by Crippen LogP contribution is 2.19. The fraction of sp³-hybridized carbons (Fsp3) is 0.115. The van der Waals surface area contributed by atoms with E-state index in [1.165, 1.54) is 18.0 Å². The van der Waals surface area contributed by atoms with Crippen LogP contribution in [0.5, 0.6) is 0 Å². The Morgan fingerprint density at radius 2 is 1.69 bits per heavy atom. The minimum Gasteiger partial charge on any atom is -0.464 e. The molecule has 0 aliphatic heterocycles. The molecule has 9 heteroatoms. The summed E-state index contributed by atoms with van der Waals surface area (Å²) in [6.45, 7) is 0.135. The molecule has 5 rings (SSSR count). The number of imidazole rings is 1. The molecule has 1 N–H and O–H groups in total. The molecule has 0 saturated heterocycles. The van der Waals surface area contributed by atoms with Gasteiger partial charge in [0.1, 0.15) is 12.4 Å². The lowest BCUT2D eigenvalue weighted by Gasteiger charge is -2.11. The van der Waals surface area contributed by atoms with Crippen molar-refractivity contribution >= 4 is 28.6 Å². The van der Waals surface area contributed by atoms with Gasteiger partial charge in [-0.1, -0.05) is 47.7 Å². The smallest absolute Gasteiger partial charge is 0.360 e. The van der Waals surface area contributed by atoms with E-state index < -0.39 is 5.97 Å². The molecule has 0 bridgehead atoms. The largest absolute Gasteiger partial charge is 0.464 e. The number of methoxy groups -OCH3 is 1. The maximum Gasteiger partial charge on any atom is 0.360 e. The van der Waals surface area contributed by atoms with Crippen LogP contribution in [-0.4, -0.2) is 43.5 Å². The zero-order valence-corrected chi connectivity index (χ0v) is 19.0. The number of para-hydroxylation sites is 2. The number of benzene rings is 3. The first kappa shape index (κ1) is 22.0. The third kappa shape index (κ3) is 4.79. The van der Waals surface area contributed by atoms with E-state index in [1.54, 1.807) is 24.3 Å². The molecule has 0 saturated carbocycles. The minimum atomic E-state index is -0.557. The third-order valence-corrected chi connectivity index (χ3v) is 5.54. The van der Waals surface area contributed by atoms with Crippen LogP contribution in [-0.2, 0) is 22.5 Å². The summed E-state index contributed by atoms with van der Waals surface area (Å²) in [5.41, 5.74) is 4.34. The minimum absolute atomic E-state index is 0.115. The Morgan fingerprint density at radius 3 is 2.46 bits per heavy atom. The van der Waals surface area contributed by atoms with Crippen LogP contribution >= 0.6 is 0 Å². The van der Waals surface area contributed by atoms with Crippen LogP contribution in [0.2, 0.25) is 0 Å². The number of anilines is 1. The molecule has 9 nitrogen and oxygen atoms in total. The van der Waals surface area contributed by atoms with E-state index in [9.17, 15) is 9.59 Å². The number of carbonyl (C=O) groups excluding carboxylic acids is 2. The highest BCUT2D eigenvalue weighted by Gasteiger charge is 2.15. The maximum atomic E-state index is 13.0. The van der Waals surface area contributed by atoms with Gasteiger partial charge in [0, 0.05) is 12.1 Å². The summed E-state index contributed by atoms with van der Waals surface area (Å²) in [7, 11) is 1.29. The van der Waals surface area contributed by atoms with Crippen LogP contribution in [0.15, 0.2) is 85.1 Å². The molecular formula is C26H22N6O3. The second kappa shape index (κ2) is 9.60. The van der Waals surface area contributed by atoms with Gasteiger partial charge in [0.15, 0.2) is 5.69 Å². The number of nitrogens with zero attached hydrogens (tertiary/aromatic N) is 5. The Labute approximate surface area is 201 Å². The first-order chi connectivity index (χ1) is 17.1. The Hall–Kier alpha value is -4.79. The molecular weight excluding hydrogens is 444 g/mol. The van der Waals surface area contributed by atoms with Crippen molar-refractivity contribution in [3.63, 3.8) is 0 Å². The molecule has 1 amide bonds. The van der Waals surface area contributed by atoms with Crippen LogP contribution in [0, 0.1) is 0 Å². The molecule has 0 aliphatic rings. The molecule has 0 aliphatic carbocycles. The first-order valence-corrected chi connectivity index (χ1v) is 11.0. The number of esters is 1. The van der Waals surface area contributed by atoms with Gasteiger partial charge in [-0.3, -0.25) is 4.79 Å². The Kier molecular flexibility index (Phi) is 6.04. The number of hydrogen-bond donors (Lipinski definition) is 1. The van der Waals surface area contributed by atoms with Crippen molar-refractivity contribution in [2.45, 2.75) is 13.0 Å². The molecule has 0 radical (unpaired) electrons. The molecule has 0 fully saturated rings. The van der Waals surface area contributed by atoms with Crippen molar-refractivity contribution in [3.05, 3.63) is 102 Å². The fourth-order valence-electron chi connectivity index (χ4n) is 3.84. The van der Waals surface area contributed by atoms with Gasteiger partial charge >= 0.3 is 5.97 Å². The summed E-state index contributed by atoms with van der Waals surface area (Å²) in [6.07, 6.45) is 2.11. The van der Waals surface area contributed by atoms with Crippen molar-refractivity contribution < 1.29 is 14.3 Å². The van der Waals surface area contributed by atoms with E-state index in [1.807, 2.05) is 47.0 Å². The van der Waals surface area contributed by atoms with Gasteiger partial charge in [0.25, 0.3) is 0 Å². The second-order valence-corrected chi connectivity index (χ2v) is 7.90. The van der Waals surface area contributed by atoms with Gasteiger partial charge < -0.3 is 14.6 Å². The molecule has 2 heterocycles. The lowest BCUT2D eigenvalue weighted by Crippen LogP contribution is -2.20. The zero-order valence-electron chi connectivity index (χ0n) is 19.0. The molecule has 0 unspecified atom stereocenters. The number of carbonyl (C=O) groups is 2. The van der Waals surface area contributed by atoms with E-state index >= 15 is 0 Å². The predicted octanol–water partition coefficient (Wildman–Crippen LogP) is 3.63. The van der Waals surface area contributed by atoms with Gasteiger partial charge in [-0.05, 0) is 42.0 Å². The van der Waals surface area contributed by atoms with E-state index in [0.717, 1.165) is 22.4 Å². The summed E-state index contributed by atoms with van der Waals surface area (Å²) in [5, 5.41) is 10.7. The summed E-state index contributed by atoms with van der Waals surface area (Å²) in [6, 6.07) is 25.0. The Morgan fingerprint density at radius 1 is 0.943 bits per heavy atom. The molecule has 0 spiro atoms. The monoisotopic (exact) mass is 466 g/mol. The Balaban J connectivity index is 1.32. The lowest BCUT2D eigenvalue weighted by molar-refractivity contribution is -0.116. The lowest BCUT2D eigenvalue weighted by atomic mass is 10.1. The van der Waals surface area contributed by atoms with Gasteiger partial charge in [-0.25, -0.2) is 14.5 Å². The molecule has 35 heavy (non-hydrogen) atoms. The third-order valence-electron chi connectivity index (χ3n) is 5.54. The molecule has 3 aromatic carbocycles. The summed E-state index contributed by atoms with van der Waals surface area (Å²) in [5.74, 6) is 0.109. The number of ether oxygens (including phenoxy) is 1. The average molecular weight is 467 g/mol. The Bertz CT molecular complexity index is 1490. The van der Waals surface area contributed by atoms with Gasteiger partial charge in [0.05, 0.1) is 30.0 Å². The van der Waals surface area contributed by atoms with E-state index in [4.69, 9.17) is 4.98 Å². The summed E-state index contributed by atoms with van der Waals surface area (Å²) < 4.78 is 8.07. The van der Waals surface area contributed by atoms with Crippen molar-refractivity contribution in [1.29, 1.82) is 0 Å². The molecule has 0 atom stereocenters. The first-order valence-electron chi connectivity index (χ1n) is 11.0. The van der Waals surface area contributed by atoms with Crippen LogP contribution in [0.1, 0.15) is 21.9 Å². The van der Waals surface area contributed by atoms with E-state index in [-0.39, 0.29) is 18.1 Å². The SMILES string of the molecule is COC(=O)c1cn(-c2ccc(NC(=O)Cn3c(Cc4ccccc4)nc4ccccc43)cc2)nn1. The number of hydrogen-bond acceptors (Lipinski definition) is 6. The van der Waals surface area contributed by atoms with Crippen molar-refractivity contribution in [3.8, 4) is 5.69 Å². The topological polar surface area (TPSA) is 104 Å². The average Bonchev–Trinajstić information content (AvgIpc) is 3.50. The highest BCUT2D eigenvalue weighted by molar-refractivity contribution is 5.92. The standard InChI is InChI=1S/C26H22N6O3/c1-35-26(34)22-16-32(30-29-22)20-13-11-19(12-14-20)27-25(33)17-31-23-10-6-5-9-21(23)28-24(31)15-18-7-3-2-4-8-18/h2-14,16H,15,17H2,1H3,(H,27,33). The number of nitrogens with one attached hydrogen (secondary N) is 1. The van der Waals surface area contributed by atoms with Crippen LogP contribution in [0.4, 0.5) is 5.69 Å². The van der Waals surface area contributed by atoms with Gasteiger partial charge in [0.2, 0.25) is 5.91 Å². The summed E-state index contributed by atoms with van der Waals surface area (Å²) >= 11 is 0. The highest BCUT2D eigenvalue weighted by atomic mass is 16.5. The van der Waals surface area contributed by atoms with Crippen molar-refractivity contribution in [2.75, 3.05) is 12.4 Å². The quantitative estimate of drug-likeness (QED) is 0.367. The van der Waals surface area contributed by atoms with Gasteiger partial charge in [-0.15, -0.1) is 5.10 Å². The van der Waals surface area contributed by atoms with E-state index in [0.29, 0.717) is 17.8 Å². The van der Waals surface area contributed by atoms with Crippen molar-refractivity contribution in [2.24, 2.45) is 0 Å². The van der Waals surface area contributed by atoms with Crippen LogP contribution < -0.4 is 5.32 Å². The number of fused-ring (bicyclic) bond motifs is 1. The molecule has 5 aromatic rings. The van der Waals surface area contributed by atoms with Crippen molar-refractivity contribution in [1.82, 2.24) is 24.5 Å².